The molecule has 0 aromatic heterocycles. The average Bonchev–Trinajstić information content (AvgIpc) is 2.46. The Bertz CT molecular complexity index is 256. The molecule has 1 aliphatic carbocycles. The van der Waals surface area contributed by atoms with Gasteiger partial charge in [-0.05, 0) is 69.0 Å². The molecule has 2 N–H and O–H groups in total. The number of nitrogens with zero attached hydrogens (tertiary/aromatic N) is 1. The minimum atomic E-state index is 0.488. The summed E-state index contributed by atoms with van der Waals surface area (Å²) in [5.74, 6) is 1.59. The molecule has 3 unspecified atom stereocenters. The lowest BCUT2D eigenvalue weighted by molar-refractivity contribution is 0.0373. The molecule has 0 aliphatic heterocycles. The molecule has 3 atom stereocenters. The fraction of sp³-hybridized carbons (Fsp3) is 1.00. The maximum absolute atomic E-state index is 6.08. The molecule has 1 saturated carbocycles. The molecule has 1 fully saturated rings. The van der Waals surface area contributed by atoms with Crippen molar-refractivity contribution in [1.29, 1.82) is 0 Å². The first-order valence-corrected chi connectivity index (χ1v) is 8.94. The van der Waals surface area contributed by atoms with Gasteiger partial charge in [0.1, 0.15) is 0 Å². The van der Waals surface area contributed by atoms with Crippen LogP contribution < -0.4 is 5.73 Å². The Labute approximate surface area is 127 Å². The number of rotatable bonds is 8. The van der Waals surface area contributed by atoms with Crippen LogP contribution in [0, 0.1) is 17.3 Å². The molecule has 120 valence electrons. The van der Waals surface area contributed by atoms with Gasteiger partial charge >= 0.3 is 0 Å². The van der Waals surface area contributed by atoms with Crippen LogP contribution in [-0.2, 0) is 0 Å². The van der Waals surface area contributed by atoms with Crippen molar-refractivity contribution in [2.75, 3.05) is 19.6 Å². The van der Waals surface area contributed by atoms with E-state index in [4.69, 9.17) is 5.73 Å². The number of hydrogen-bond donors (Lipinski definition) is 1. The van der Waals surface area contributed by atoms with E-state index in [-0.39, 0.29) is 0 Å². The molecular formula is C18H38N2. The topological polar surface area (TPSA) is 29.3 Å². The molecule has 2 nitrogen and oxygen atoms in total. The molecule has 0 heterocycles. The van der Waals surface area contributed by atoms with Gasteiger partial charge in [0.2, 0.25) is 0 Å². The molecule has 0 amide bonds. The first-order valence-electron chi connectivity index (χ1n) is 8.94. The molecular weight excluding hydrogens is 244 g/mol. The van der Waals surface area contributed by atoms with Gasteiger partial charge in [-0.25, -0.2) is 0 Å². The fourth-order valence-corrected chi connectivity index (χ4v) is 3.95. The number of nitrogens with two attached hydrogens (primary N) is 1. The van der Waals surface area contributed by atoms with Crippen molar-refractivity contribution in [2.24, 2.45) is 23.0 Å². The summed E-state index contributed by atoms with van der Waals surface area (Å²) in [7, 11) is 0. The van der Waals surface area contributed by atoms with Crippen molar-refractivity contribution in [3.05, 3.63) is 0 Å². The lowest BCUT2D eigenvalue weighted by Crippen LogP contribution is -2.49. The van der Waals surface area contributed by atoms with Gasteiger partial charge in [-0.3, -0.25) is 0 Å². The largest absolute Gasteiger partial charge is 0.330 e. The zero-order valence-electron chi connectivity index (χ0n) is 14.6. The Morgan fingerprint density at radius 2 is 1.65 bits per heavy atom. The van der Waals surface area contributed by atoms with Crippen molar-refractivity contribution >= 4 is 0 Å². The SMILES string of the molecule is CCCN(CCC)C1CC(C(C)(C)CC)CCC1CN. The molecule has 0 aromatic carbocycles. The minimum Gasteiger partial charge on any atom is -0.330 e. The standard InChI is InChI=1S/C18H38N2/c1-6-11-20(12-7-2)17-13-16(18(4,5)8-3)10-9-15(17)14-19/h15-17H,6-14,19H2,1-5H3. The molecule has 0 saturated heterocycles. The average molecular weight is 283 g/mol. The van der Waals surface area contributed by atoms with Gasteiger partial charge in [-0.2, -0.15) is 0 Å². The summed E-state index contributed by atoms with van der Waals surface area (Å²) in [5, 5.41) is 0. The Balaban J connectivity index is 2.80. The van der Waals surface area contributed by atoms with Crippen LogP contribution in [0.15, 0.2) is 0 Å². The van der Waals surface area contributed by atoms with Crippen LogP contribution in [0.4, 0.5) is 0 Å². The van der Waals surface area contributed by atoms with E-state index in [2.05, 4.69) is 39.5 Å². The maximum Gasteiger partial charge on any atom is 0.0138 e. The molecule has 20 heavy (non-hydrogen) atoms. The molecule has 0 radical (unpaired) electrons. The van der Waals surface area contributed by atoms with Crippen LogP contribution in [0.2, 0.25) is 0 Å². The third-order valence-corrected chi connectivity index (χ3v) is 5.77. The van der Waals surface area contributed by atoms with Gasteiger partial charge in [0.05, 0.1) is 0 Å². The summed E-state index contributed by atoms with van der Waals surface area (Å²) in [6, 6.07) is 0.726. The van der Waals surface area contributed by atoms with E-state index in [0.717, 1.165) is 24.4 Å². The van der Waals surface area contributed by atoms with Gasteiger partial charge in [-0.1, -0.05) is 41.0 Å². The molecule has 0 spiro atoms. The highest BCUT2D eigenvalue weighted by atomic mass is 15.2. The molecule has 0 bridgehead atoms. The van der Waals surface area contributed by atoms with E-state index >= 15 is 0 Å². The highest BCUT2D eigenvalue weighted by molar-refractivity contribution is 4.91. The second-order valence-electron chi connectivity index (χ2n) is 7.45. The molecule has 2 heteroatoms. The Morgan fingerprint density at radius 3 is 2.10 bits per heavy atom. The lowest BCUT2D eigenvalue weighted by atomic mass is 9.65. The van der Waals surface area contributed by atoms with Gasteiger partial charge in [0.15, 0.2) is 0 Å². The van der Waals surface area contributed by atoms with Crippen LogP contribution in [0.3, 0.4) is 0 Å². The Morgan fingerprint density at radius 1 is 1.05 bits per heavy atom. The Hall–Kier alpha value is -0.0800. The minimum absolute atomic E-state index is 0.488. The fourth-order valence-electron chi connectivity index (χ4n) is 3.95. The van der Waals surface area contributed by atoms with Crippen LogP contribution in [0.5, 0.6) is 0 Å². The summed E-state index contributed by atoms with van der Waals surface area (Å²) in [5.41, 5.74) is 6.57. The van der Waals surface area contributed by atoms with Crippen LogP contribution in [0.25, 0.3) is 0 Å². The maximum atomic E-state index is 6.08. The molecule has 1 aliphatic rings. The predicted octanol–water partition coefficient (Wildman–Crippen LogP) is 4.29. The first kappa shape index (κ1) is 18.0. The third kappa shape index (κ3) is 4.46. The first-order chi connectivity index (χ1) is 9.50. The quantitative estimate of drug-likeness (QED) is 0.719. The van der Waals surface area contributed by atoms with E-state index in [1.165, 1.54) is 51.6 Å². The molecule has 0 aromatic rings. The van der Waals surface area contributed by atoms with Crippen molar-refractivity contribution in [1.82, 2.24) is 4.90 Å². The van der Waals surface area contributed by atoms with Gasteiger partial charge in [0.25, 0.3) is 0 Å². The highest BCUT2D eigenvalue weighted by Crippen LogP contribution is 2.43. The third-order valence-electron chi connectivity index (χ3n) is 5.77. The second-order valence-corrected chi connectivity index (χ2v) is 7.45. The lowest BCUT2D eigenvalue weighted by Gasteiger charge is -2.47. The summed E-state index contributed by atoms with van der Waals surface area (Å²) in [4.78, 5) is 2.75. The summed E-state index contributed by atoms with van der Waals surface area (Å²) in [6.07, 6.45) is 7.89. The van der Waals surface area contributed by atoms with Gasteiger partial charge < -0.3 is 10.6 Å². The van der Waals surface area contributed by atoms with E-state index in [9.17, 15) is 0 Å². The van der Waals surface area contributed by atoms with Crippen molar-refractivity contribution < 1.29 is 0 Å². The zero-order valence-corrected chi connectivity index (χ0v) is 14.6. The highest BCUT2D eigenvalue weighted by Gasteiger charge is 2.38. The van der Waals surface area contributed by atoms with Crippen LogP contribution in [-0.4, -0.2) is 30.6 Å². The van der Waals surface area contributed by atoms with Crippen molar-refractivity contribution in [2.45, 2.75) is 79.2 Å². The zero-order chi connectivity index (χ0) is 15.2. The number of hydrogen-bond acceptors (Lipinski definition) is 2. The smallest absolute Gasteiger partial charge is 0.0138 e. The normalized spacial score (nSPS) is 28.1. The summed E-state index contributed by atoms with van der Waals surface area (Å²) < 4.78 is 0. The van der Waals surface area contributed by atoms with E-state index in [1.54, 1.807) is 0 Å². The van der Waals surface area contributed by atoms with Gasteiger partial charge in [-0.15, -0.1) is 0 Å². The van der Waals surface area contributed by atoms with Gasteiger partial charge in [0, 0.05) is 6.04 Å². The van der Waals surface area contributed by atoms with Crippen LogP contribution in [0.1, 0.15) is 73.1 Å². The summed E-state index contributed by atoms with van der Waals surface area (Å²) in [6.45, 7) is 15.2. The van der Waals surface area contributed by atoms with E-state index in [0.29, 0.717) is 5.41 Å². The van der Waals surface area contributed by atoms with Crippen LogP contribution >= 0.6 is 0 Å². The summed E-state index contributed by atoms with van der Waals surface area (Å²) >= 11 is 0. The molecule has 1 rings (SSSR count). The second kappa shape index (κ2) is 8.38. The van der Waals surface area contributed by atoms with E-state index < -0.39 is 0 Å². The van der Waals surface area contributed by atoms with Crippen molar-refractivity contribution in [3.8, 4) is 0 Å². The van der Waals surface area contributed by atoms with E-state index in [1.807, 2.05) is 0 Å². The monoisotopic (exact) mass is 282 g/mol. The van der Waals surface area contributed by atoms with Crippen molar-refractivity contribution in [3.63, 3.8) is 0 Å². The Kier molecular flexibility index (Phi) is 7.53. The predicted molar refractivity (Wildman–Crippen MR) is 89.9 cm³/mol.